The molecule has 8 nitrogen and oxygen atoms in total. The maximum atomic E-state index is 13.2. The Bertz CT molecular complexity index is 654. The van der Waals surface area contributed by atoms with Gasteiger partial charge < -0.3 is 20.2 Å². The van der Waals surface area contributed by atoms with Crippen molar-refractivity contribution in [3.63, 3.8) is 0 Å². The van der Waals surface area contributed by atoms with E-state index in [0.29, 0.717) is 12.5 Å². The first-order valence-corrected chi connectivity index (χ1v) is 12.8. The van der Waals surface area contributed by atoms with Crippen LogP contribution in [0.15, 0.2) is 0 Å². The molecule has 8 heteroatoms. The first-order chi connectivity index (χ1) is 15.8. The quantitative estimate of drug-likeness (QED) is 0.460. The van der Waals surface area contributed by atoms with Crippen molar-refractivity contribution < 1.29 is 24.3 Å². The number of carbonyl (C=O) groups is 4. The number of carboxylic acid groups (broad SMARTS) is 1. The molecule has 0 saturated heterocycles. The second-order valence-corrected chi connectivity index (χ2v) is 10.1. The Balaban J connectivity index is 2.03. The smallest absolute Gasteiger partial charge is 0.305 e. The Labute approximate surface area is 198 Å². The lowest BCUT2D eigenvalue weighted by atomic mass is 9.88. The Morgan fingerprint density at radius 2 is 1.45 bits per heavy atom. The van der Waals surface area contributed by atoms with Crippen LogP contribution < -0.4 is 5.32 Å². The Morgan fingerprint density at radius 1 is 0.848 bits per heavy atom. The molecule has 2 saturated carbocycles. The van der Waals surface area contributed by atoms with E-state index in [0.717, 1.165) is 64.2 Å². The Morgan fingerprint density at radius 3 is 2.03 bits per heavy atom. The third-order valence-electron chi connectivity index (χ3n) is 6.82. The van der Waals surface area contributed by atoms with Crippen molar-refractivity contribution in [2.24, 2.45) is 11.8 Å². The van der Waals surface area contributed by atoms with E-state index in [-0.39, 0.29) is 55.7 Å². The van der Waals surface area contributed by atoms with E-state index < -0.39 is 5.97 Å². The van der Waals surface area contributed by atoms with Crippen molar-refractivity contribution in [1.82, 2.24) is 15.1 Å². The average molecular weight is 466 g/mol. The van der Waals surface area contributed by atoms with Gasteiger partial charge in [-0.3, -0.25) is 19.2 Å². The van der Waals surface area contributed by atoms with E-state index in [9.17, 15) is 19.2 Å². The number of carbonyl (C=O) groups excluding carboxylic acids is 3. The number of aliphatic carboxylic acids is 1. The average Bonchev–Trinajstić information content (AvgIpc) is 2.79. The Kier molecular flexibility index (Phi) is 11.7. The fraction of sp³-hybridized carbons (Fsp3) is 0.840. The normalized spacial score (nSPS) is 17.5. The van der Waals surface area contributed by atoms with E-state index in [1.54, 1.807) is 4.90 Å². The van der Waals surface area contributed by atoms with Crippen LogP contribution in [0.5, 0.6) is 0 Å². The summed E-state index contributed by atoms with van der Waals surface area (Å²) < 4.78 is 0. The highest BCUT2D eigenvalue weighted by molar-refractivity contribution is 5.89. The molecular formula is C25H43N3O5. The summed E-state index contributed by atoms with van der Waals surface area (Å²) in [5, 5.41) is 12.2. The lowest BCUT2D eigenvalue weighted by Gasteiger charge is -2.31. The number of hydrogen-bond donors (Lipinski definition) is 2. The molecule has 0 unspecified atom stereocenters. The second-order valence-electron chi connectivity index (χ2n) is 10.1. The monoisotopic (exact) mass is 465 g/mol. The number of nitrogens with zero attached hydrogens (tertiary/aromatic N) is 2. The molecular weight excluding hydrogens is 422 g/mol. The molecule has 33 heavy (non-hydrogen) atoms. The summed E-state index contributed by atoms with van der Waals surface area (Å²) in [7, 11) is 0. The molecule has 2 rings (SSSR count). The highest BCUT2D eigenvalue weighted by Crippen LogP contribution is 2.25. The first-order valence-electron chi connectivity index (χ1n) is 12.8. The molecule has 188 valence electrons. The van der Waals surface area contributed by atoms with Crippen LogP contribution in [-0.4, -0.2) is 70.8 Å². The molecule has 0 heterocycles. The summed E-state index contributed by atoms with van der Waals surface area (Å²) in [4.78, 5) is 53.1. The Hall–Kier alpha value is -2.12. The molecule has 2 N–H and O–H groups in total. The number of carboxylic acids is 1. The van der Waals surface area contributed by atoms with Gasteiger partial charge in [0.15, 0.2) is 0 Å². The molecule has 0 radical (unpaired) electrons. The zero-order chi connectivity index (χ0) is 24.2. The fourth-order valence-electron chi connectivity index (χ4n) is 4.77. The van der Waals surface area contributed by atoms with Crippen LogP contribution >= 0.6 is 0 Å². The highest BCUT2D eigenvalue weighted by Gasteiger charge is 2.29. The van der Waals surface area contributed by atoms with Gasteiger partial charge in [-0.2, -0.15) is 0 Å². The van der Waals surface area contributed by atoms with Gasteiger partial charge in [-0.25, -0.2) is 0 Å². The first kappa shape index (κ1) is 27.1. The molecule has 0 bridgehead atoms. The maximum Gasteiger partial charge on any atom is 0.305 e. The highest BCUT2D eigenvalue weighted by atomic mass is 16.4. The van der Waals surface area contributed by atoms with E-state index in [2.05, 4.69) is 19.2 Å². The molecule has 2 fully saturated rings. The van der Waals surface area contributed by atoms with Crippen molar-refractivity contribution >= 4 is 23.7 Å². The van der Waals surface area contributed by atoms with Gasteiger partial charge in [0.1, 0.15) is 0 Å². The van der Waals surface area contributed by atoms with Gasteiger partial charge in [-0.1, -0.05) is 52.4 Å². The molecule has 3 amide bonds. The minimum Gasteiger partial charge on any atom is -0.481 e. The van der Waals surface area contributed by atoms with Gasteiger partial charge in [-0.05, 0) is 38.0 Å². The van der Waals surface area contributed by atoms with Crippen LogP contribution in [0.1, 0.15) is 90.9 Å². The molecule has 2 aliphatic carbocycles. The summed E-state index contributed by atoms with van der Waals surface area (Å²) >= 11 is 0. The standard InChI is InChI=1S/C25H43N3O5/c1-19(2)13-15-27(17-22(29)26-21-11-7-4-8-12-21)23(30)18-28(16-14-24(31)32)25(33)20-9-5-3-6-10-20/h19-21H,3-18H2,1-2H3,(H,26,29)(H,31,32). The van der Waals surface area contributed by atoms with Gasteiger partial charge in [-0.15, -0.1) is 0 Å². The largest absolute Gasteiger partial charge is 0.481 e. The van der Waals surface area contributed by atoms with Gasteiger partial charge in [0.2, 0.25) is 17.7 Å². The minimum absolute atomic E-state index is 0.0166. The predicted octanol–water partition coefficient (Wildman–Crippen LogP) is 3.19. The number of hydrogen-bond acceptors (Lipinski definition) is 4. The van der Waals surface area contributed by atoms with Gasteiger partial charge >= 0.3 is 5.97 Å². The molecule has 0 spiro atoms. The van der Waals surface area contributed by atoms with Crippen molar-refractivity contribution in [1.29, 1.82) is 0 Å². The summed E-state index contributed by atoms with van der Waals surface area (Å²) in [6.07, 6.45) is 10.6. The van der Waals surface area contributed by atoms with Crippen LogP contribution in [0.4, 0.5) is 0 Å². The van der Waals surface area contributed by atoms with Crippen LogP contribution in [0.25, 0.3) is 0 Å². The van der Waals surface area contributed by atoms with Crippen molar-refractivity contribution in [3.05, 3.63) is 0 Å². The lowest BCUT2D eigenvalue weighted by Crippen LogP contribution is -2.49. The molecule has 0 aliphatic heterocycles. The summed E-state index contributed by atoms with van der Waals surface area (Å²) in [5.74, 6) is -1.33. The third kappa shape index (κ3) is 10.1. The van der Waals surface area contributed by atoms with Crippen molar-refractivity contribution in [3.8, 4) is 0 Å². The zero-order valence-electron chi connectivity index (χ0n) is 20.5. The van der Waals surface area contributed by atoms with E-state index >= 15 is 0 Å². The van der Waals surface area contributed by atoms with Gasteiger partial charge in [0.05, 0.1) is 19.5 Å². The topological polar surface area (TPSA) is 107 Å². The van der Waals surface area contributed by atoms with Gasteiger partial charge in [0.25, 0.3) is 0 Å². The molecule has 0 atom stereocenters. The number of rotatable bonds is 12. The second kappa shape index (κ2) is 14.2. The van der Waals surface area contributed by atoms with Crippen molar-refractivity contribution in [2.75, 3.05) is 26.2 Å². The third-order valence-corrected chi connectivity index (χ3v) is 6.82. The molecule has 0 aromatic heterocycles. The SMILES string of the molecule is CC(C)CCN(CC(=O)NC1CCCCC1)C(=O)CN(CCC(=O)O)C(=O)C1CCCCC1. The molecule has 2 aliphatic rings. The summed E-state index contributed by atoms with van der Waals surface area (Å²) in [6.45, 7) is 4.40. The predicted molar refractivity (Wildman–Crippen MR) is 126 cm³/mol. The van der Waals surface area contributed by atoms with Crippen molar-refractivity contribution in [2.45, 2.75) is 96.9 Å². The van der Waals surface area contributed by atoms with Gasteiger partial charge in [0, 0.05) is 25.0 Å². The zero-order valence-corrected chi connectivity index (χ0v) is 20.5. The molecule has 0 aromatic rings. The minimum atomic E-state index is -0.993. The number of nitrogens with one attached hydrogen (secondary N) is 1. The van der Waals surface area contributed by atoms with E-state index in [4.69, 9.17) is 5.11 Å². The van der Waals surface area contributed by atoms with Crippen LogP contribution in [0, 0.1) is 11.8 Å². The van der Waals surface area contributed by atoms with Crippen LogP contribution in [-0.2, 0) is 19.2 Å². The maximum absolute atomic E-state index is 13.2. The lowest BCUT2D eigenvalue weighted by molar-refractivity contribution is -0.146. The summed E-state index contributed by atoms with van der Waals surface area (Å²) in [5.41, 5.74) is 0. The van der Waals surface area contributed by atoms with Crippen LogP contribution in [0.3, 0.4) is 0 Å². The summed E-state index contributed by atoms with van der Waals surface area (Å²) in [6, 6.07) is 0.174. The molecule has 0 aromatic carbocycles. The van der Waals surface area contributed by atoms with E-state index in [1.807, 2.05) is 0 Å². The van der Waals surface area contributed by atoms with Crippen LogP contribution in [0.2, 0.25) is 0 Å². The number of amides is 3. The fourth-order valence-corrected chi connectivity index (χ4v) is 4.77. The van der Waals surface area contributed by atoms with E-state index in [1.165, 1.54) is 11.3 Å².